The lowest BCUT2D eigenvalue weighted by Crippen LogP contribution is -2.37. The fraction of sp³-hybridized carbons (Fsp3) is 0.444. The monoisotopic (exact) mass is 267 g/mol. The molecular formula is C18H21NO. The second kappa shape index (κ2) is 5.19. The summed E-state index contributed by atoms with van der Waals surface area (Å²) in [5.74, 6) is 0.822. The summed E-state index contributed by atoms with van der Waals surface area (Å²) in [4.78, 5) is 0. The van der Waals surface area contributed by atoms with Gasteiger partial charge in [0.1, 0.15) is 0 Å². The van der Waals surface area contributed by atoms with Crippen molar-refractivity contribution in [2.75, 3.05) is 6.61 Å². The number of rotatable bonds is 4. The minimum atomic E-state index is 0.463. The average molecular weight is 267 g/mol. The van der Waals surface area contributed by atoms with Gasteiger partial charge in [0.2, 0.25) is 0 Å². The molecule has 2 aliphatic rings. The molecule has 2 nitrogen and oxygen atoms in total. The van der Waals surface area contributed by atoms with Crippen LogP contribution in [0.2, 0.25) is 0 Å². The van der Waals surface area contributed by atoms with Crippen molar-refractivity contribution < 1.29 is 4.74 Å². The van der Waals surface area contributed by atoms with E-state index in [1.54, 1.807) is 0 Å². The average Bonchev–Trinajstić information content (AvgIpc) is 3.24. The van der Waals surface area contributed by atoms with Crippen LogP contribution in [0.15, 0.2) is 42.5 Å². The third kappa shape index (κ3) is 2.34. The van der Waals surface area contributed by atoms with Gasteiger partial charge < -0.3 is 10.1 Å². The van der Waals surface area contributed by atoms with E-state index < -0.39 is 0 Å². The lowest BCUT2D eigenvalue weighted by molar-refractivity contribution is 0.0809. The molecule has 2 heteroatoms. The van der Waals surface area contributed by atoms with E-state index in [0.717, 1.165) is 25.5 Å². The molecule has 0 aromatic heterocycles. The molecule has 1 heterocycles. The fourth-order valence-electron chi connectivity index (χ4n) is 3.41. The van der Waals surface area contributed by atoms with Gasteiger partial charge in [-0.1, -0.05) is 42.5 Å². The number of fused-ring (bicyclic) bond motifs is 1. The molecule has 0 amide bonds. The summed E-state index contributed by atoms with van der Waals surface area (Å²) in [6.07, 6.45) is 4.34. The Kier molecular flexibility index (Phi) is 3.21. The molecule has 4 rings (SSSR count). The summed E-state index contributed by atoms with van der Waals surface area (Å²) >= 11 is 0. The number of nitrogens with one attached hydrogen (secondary N) is 1. The van der Waals surface area contributed by atoms with E-state index in [9.17, 15) is 0 Å². The van der Waals surface area contributed by atoms with Crippen molar-refractivity contribution in [3.8, 4) is 0 Å². The normalized spacial score (nSPS) is 26.2. The second-order valence-corrected chi connectivity index (χ2v) is 6.09. The van der Waals surface area contributed by atoms with Crippen molar-refractivity contribution in [1.82, 2.24) is 5.32 Å². The van der Waals surface area contributed by atoms with Crippen molar-refractivity contribution in [2.24, 2.45) is 5.92 Å². The molecular weight excluding hydrogens is 246 g/mol. The lowest BCUT2D eigenvalue weighted by atomic mass is 10.0. The Labute approximate surface area is 120 Å². The molecule has 1 N–H and O–H groups in total. The van der Waals surface area contributed by atoms with Crippen LogP contribution in [-0.2, 0) is 11.3 Å². The Hall–Kier alpha value is -1.38. The van der Waals surface area contributed by atoms with Crippen LogP contribution in [0.4, 0.5) is 0 Å². The van der Waals surface area contributed by atoms with Gasteiger partial charge in [0, 0.05) is 19.2 Å². The zero-order valence-electron chi connectivity index (χ0n) is 11.7. The molecule has 104 valence electrons. The number of benzene rings is 2. The summed E-state index contributed by atoms with van der Waals surface area (Å²) < 4.78 is 5.90. The van der Waals surface area contributed by atoms with Crippen LogP contribution in [-0.4, -0.2) is 18.8 Å². The summed E-state index contributed by atoms with van der Waals surface area (Å²) in [5.41, 5.74) is 1.39. The molecule has 0 spiro atoms. The zero-order chi connectivity index (χ0) is 13.4. The van der Waals surface area contributed by atoms with E-state index in [1.165, 1.54) is 29.2 Å². The van der Waals surface area contributed by atoms with Crippen molar-refractivity contribution in [1.29, 1.82) is 0 Å². The van der Waals surface area contributed by atoms with Crippen LogP contribution >= 0.6 is 0 Å². The summed E-state index contributed by atoms with van der Waals surface area (Å²) in [6.45, 7) is 1.87. The Morgan fingerprint density at radius 2 is 1.85 bits per heavy atom. The van der Waals surface area contributed by atoms with Crippen LogP contribution in [0.1, 0.15) is 24.8 Å². The second-order valence-electron chi connectivity index (χ2n) is 6.09. The first kappa shape index (κ1) is 12.4. The summed E-state index contributed by atoms with van der Waals surface area (Å²) in [5, 5.41) is 6.43. The highest BCUT2D eigenvalue weighted by atomic mass is 16.5. The number of hydrogen-bond acceptors (Lipinski definition) is 2. The SMILES string of the molecule is c1ccc2c(CNC3CCOC3C3CC3)cccc2c1. The Bertz CT molecular complexity index is 600. The van der Waals surface area contributed by atoms with Crippen molar-refractivity contribution in [3.63, 3.8) is 0 Å². The third-order valence-corrected chi connectivity index (χ3v) is 4.66. The smallest absolute Gasteiger partial charge is 0.0757 e. The molecule has 1 saturated heterocycles. The van der Waals surface area contributed by atoms with E-state index in [4.69, 9.17) is 4.74 Å². The van der Waals surface area contributed by atoms with Crippen LogP contribution in [0.25, 0.3) is 10.8 Å². The van der Waals surface area contributed by atoms with E-state index >= 15 is 0 Å². The maximum atomic E-state index is 5.90. The molecule has 1 saturated carbocycles. The highest BCUT2D eigenvalue weighted by Gasteiger charge is 2.40. The minimum absolute atomic E-state index is 0.463. The highest BCUT2D eigenvalue weighted by molar-refractivity contribution is 5.85. The van der Waals surface area contributed by atoms with Gasteiger partial charge in [-0.25, -0.2) is 0 Å². The Morgan fingerprint density at radius 1 is 1.00 bits per heavy atom. The first-order valence-electron chi connectivity index (χ1n) is 7.73. The summed E-state index contributed by atoms with van der Waals surface area (Å²) in [7, 11) is 0. The van der Waals surface area contributed by atoms with E-state index in [1.807, 2.05) is 0 Å². The first-order valence-corrected chi connectivity index (χ1v) is 7.73. The molecule has 0 radical (unpaired) electrons. The molecule has 1 aliphatic carbocycles. The van der Waals surface area contributed by atoms with Gasteiger partial charge in [0.05, 0.1) is 6.10 Å². The Balaban J connectivity index is 1.50. The fourth-order valence-corrected chi connectivity index (χ4v) is 3.41. The molecule has 2 aromatic rings. The molecule has 2 aromatic carbocycles. The third-order valence-electron chi connectivity index (χ3n) is 4.66. The lowest BCUT2D eigenvalue weighted by Gasteiger charge is -2.20. The number of hydrogen-bond donors (Lipinski definition) is 1. The molecule has 2 fully saturated rings. The van der Waals surface area contributed by atoms with Gasteiger partial charge in [-0.3, -0.25) is 0 Å². The highest BCUT2D eigenvalue weighted by Crippen LogP contribution is 2.38. The van der Waals surface area contributed by atoms with Crippen molar-refractivity contribution in [2.45, 2.75) is 38.0 Å². The predicted octanol–water partition coefficient (Wildman–Crippen LogP) is 3.50. The largest absolute Gasteiger partial charge is 0.376 e. The number of ether oxygens (including phenoxy) is 1. The van der Waals surface area contributed by atoms with Crippen LogP contribution in [0.5, 0.6) is 0 Å². The zero-order valence-corrected chi connectivity index (χ0v) is 11.7. The topological polar surface area (TPSA) is 21.3 Å². The minimum Gasteiger partial charge on any atom is -0.376 e. The molecule has 0 bridgehead atoms. The van der Waals surface area contributed by atoms with E-state index in [0.29, 0.717) is 12.1 Å². The molecule has 20 heavy (non-hydrogen) atoms. The first-order chi connectivity index (χ1) is 9.92. The van der Waals surface area contributed by atoms with Crippen LogP contribution in [0.3, 0.4) is 0 Å². The van der Waals surface area contributed by atoms with E-state index in [-0.39, 0.29) is 0 Å². The maximum Gasteiger partial charge on any atom is 0.0757 e. The van der Waals surface area contributed by atoms with Crippen molar-refractivity contribution in [3.05, 3.63) is 48.0 Å². The van der Waals surface area contributed by atoms with Gasteiger partial charge in [0.15, 0.2) is 0 Å². The summed E-state index contributed by atoms with van der Waals surface area (Å²) in [6, 6.07) is 15.7. The predicted molar refractivity (Wildman–Crippen MR) is 81.7 cm³/mol. The van der Waals surface area contributed by atoms with Gasteiger partial charge in [0.25, 0.3) is 0 Å². The van der Waals surface area contributed by atoms with Crippen LogP contribution < -0.4 is 5.32 Å². The van der Waals surface area contributed by atoms with Gasteiger partial charge in [-0.15, -0.1) is 0 Å². The Morgan fingerprint density at radius 3 is 2.75 bits per heavy atom. The van der Waals surface area contributed by atoms with Gasteiger partial charge in [-0.2, -0.15) is 0 Å². The van der Waals surface area contributed by atoms with E-state index in [2.05, 4.69) is 47.8 Å². The van der Waals surface area contributed by atoms with Gasteiger partial charge in [-0.05, 0) is 41.5 Å². The molecule has 2 unspecified atom stereocenters. The maximum absolute atomic E-state index is 5.90. The molecule has 1 aliphatic heterocycles. The quantitative estimate of drug-likeness (QED) is 0.915. The van der Waals surface area contributed by atoms with Gasteiger partial charge >= 0.3 is 0 Å². The standard InChI is InChI=1S/C18H21NO/c1-2-7-16-13(4-1)5-3-6-15(16)12-19-17-10-11-20-18(17)14-8-9-14/h1-7,14,17-19H,8-12H2. The molecule has 2 atom stereocenters. The van der Waals surface area contributed by atoms with Crippen molar-refractivity contribution >= 4 is 10.8 Å². The van der Waals surface area contributed by atoms with Crippen LogP contribution in [0, 0.1) is 5.92 Å².